The van der Waals surface area contributed by atoms with Crippen LogP contribution in [0.25, 0.3) is 0 Å². The standard InChI is InChI=1S/C33H44N4O6S/c1-7-20-15(2)25(36-33(20)43)12-23-16(3)21(8-10-29(38)39)26(34-23)14-27-22(9-11-30(40)41)17(4)24(35-27)13-28-31(19(6)44)18(5)32(42)37-28/h7,18-19,25,28,31,34-35,44H,1,8-14H2,2-6H3,(H,36,43)(H,37,42)(H,38,39)(H,40,41)/t18-,19+,25-,28?,31+/m1/s1. The predicted molar refractivity (Wildman–Crippen MR) is 171 cm³/mol. The van der Waals surface area contributed by atoms with Gasteiger partial charge in [0, 0.05) is 83.6 Å². The Morgan fingerprint density at radius 2 is 1.43 bits per heavy atom. The summed E-state index contributed by atoms with van der Waals surface area (Å²) >= 11 is 4.67. The summed E-state index contributed by atoms with van der Waals surface area (Å²) in [7, 11) is 0. The zero-order chi connectivity index (χ0) is 32.5. The van der Waals surface area contributed by atoms with Crippen LogP contribution in [0.5, 0.6) is 0 Å². The Morgan fingerprint density at radius 1 is 0.909 bits per heavy atom. The van der Waals surface area contributed by atoms with Crippen molar-refractivity contribution in [1.29, 1.82) is 0 Å². The molecule has 1 saturated heterocycles. The van der Waals surface area contributed by atoms with Gasteiger partial charge in [-0.3, -0.25) is 19.2 Å². The third-order valence-electron chi connectivity index (χ3n) is 9.55. The molecule has 5 atom stereocenters. The van der Waals surface area contributed by atoms with E-state index in [1.807, 2.05) is 34.6 Å². The number of nitrogens with one attached hydrogen (secondary N) is 4. The smallest absolute Gasteiger partial charge is 0.303 e. The number of thiol groups is 1. The molecule has 238 valence electrons. The van der Waals surface area contributed by atoms with Gasteiger partial charge in [-0.05, 0) is 61.4 Å². The van der Waals surface area contributed by atoms with Crippen molar-refractivity contribution in [3.8, 4) is 0 Å². The normalized spacial score (nSPS) is 22.3. The average Bonchev–Trinajstić information content (AvgIpc) is 3.59. The van der Waals surface area contributed by atoms with E-state index >= 15 is 0 Å². The minimum atomic E-state index is -0.892. The van der Waals surface area contributed by atoms with E-state index < -0.39 is 11.9 Å². The number of hydrogen-bond acceptors (Lipinski definition) is 5. The highest BCUT2D eigenvalue weighted by atomic mass is 32.1. The number of rotatable bonds is 14. The summed E-state index contributed by atoms with van der Waals surface area (Å²) in [5, 5.41) is 25.1. The van der Waals surface area contributed by atoms with Gasteiger partial charge in [0.1, 0.15) is 0 Å². The van der Waals surface area contributed by atoms with Gasteiger partial charge in [0.15, 0.2) is 0 Å². The van der Waals surface area contributed by atoms with Gasteiger partial charge in [-0.1, -0.05) is 26.5 Å². The molecule has 0 bridgehead atoms. The summed E-state index contributed by atoms with van der Waals surface area (Å²) in [5.74, 6) is -2.03. The van der Waals surface area contributed by atoms with Crippen molar-refractivity contribution < 1.29 is 29.4 Å². The van der Waals surface area contributed by atoms with Gasteiger partial charge in [0.25, 0.3) is 5.91 Å². The quantitative estimate of drug-likeness (QED) is 0.158. The van der Waals surface area contributed by atoms with Gasteiger partial charge in [0.2, 0.25) is 5.91 Å². The summed E-state index contributed by atoms with van der Waals surface area (Å²) in [5.41, 5.74) is 8.85. The molecule has 2 aromatic rings. The van der Waals surface area contributed by atoms with Crippen LogP contribution in [0.15, 0.2) is 23.8 Å². The molecule has 44 heavy (non-hydrogen) atoms. The lowest BCUT2D eigenvalue weighted by atomic mass is 9.86. The van der Waals surface area contributed by atoms with E-state index in [1.165, 1.54) is 0 Å². The van der Waals surface area contributed by atoms with Gasteiger partial charge < -0.3 is 30.8 Å². The highest BCUT2D eigenvalue weighted by molar-refractivity contribution is 7.80. The number of amides is 2. The molecule has 6 N–H and O–H groups in total. The van der Waals surface area contributed by atoms with Crippen LogP contribution in [0.2, 0.25) is 0 Å². The van der Waals surface area contributed by atoms with E-state index in [0.717, 1.165) is 50.6 Å². The van der Waals surface area contributed by atoms with Crippen molar-refractivity contribution in [3.63, 3.8) is 0 Å². The monoisotopic (exact) mass is 624 g/mol. The molecule has 0 spiro atoms. The molecule has 0 saturated carbocycles. The predicted octanol–water partition coefficient (Wildman–Crippen LogP) is 3.74. The molecular weight excluding hydrogens is 580 g/mol. The number of hydrogen-bond donors (Lipinski definition) is 7. The summed E-state index contributed by atoms with van der Waals surface area (Å²) in [6, 6.07) is -0.309. The Kier molecular flexibility index (Phi) is 10.2. The molecule has 4 rings (SSSR count). The van der Waals surface area contributed by atoms with Gasteiger partial charge in [-0.2, -0.15) is 12.6 Å². The molecule has 2 aliphatic heterocycles. The van der Waals surface area contributed by atoms with Crippen LogP contribution in [0.3, 0.4) is 0 Å². The van der Waals surface area contributed by atoms with Crippen molar-refractivity contribution in [3.05, 3.63) is 68.8 Å². The first-order chi connectivity index (χ1) is 20.7. The van der Waals surface area contributed by atoms with Crippen LogP contribution in [0.1, 0.15) is 78.6 Å². The first kappa shape index (κ1) is 33.2. The number of carbonyl (C=O) groups excluding carboxylic acids is 2. The number of carbonyl (C=O) groups is 4. The Hall–Kier alpha value is -3.73. The number of aromatic amines is 2. The fourth-order valence-electron chi connectivity index (χ4n) is 7.01. The molecule has 0 aromatic carbocycles. The van der Waals surface area contributed by atoms with Crippen molar-refractivity contribution in [1.82, 2.24) is 20.6 Å². The molecule has 0 aliphatic carbocycles. The second kappa shape index (κ2) is 13.5. The fourth-order valence-corrected chi connectivity index (χ4v) is 7.48. The minimum Gasteiger partial charge on any atom is -0.481 e. The number of carboxylic acids is 2. The lowest BCUT2D eigenvalue weighted by molar-refractivity contribution is -0.138. The fraction of sp³-hybridized carbons (Fsp3) is 0.515. The van der Waals surface area contributed by atoms with Crippen molar-refractivity contribution in [2.24, 2.45) is 11.8 Å². The van der Waals surface area contributed by atoms with Crippen LogP contribution in [-0.2, 0) is 51.3 Å². The minimum absolute atomic E-state index is 0.0117. The maximum absolute atomic E-state index is 12.5. The van der Waals surface area contributed by atoms with E-state index in [0.29, 0.717) is 37.7 Å². The topological polar surface area (TPSA) is 164 Å². The summed E-state index contributed by atoms with van der Waals surface area (Å²) in [6.07, 6.45) is 3.69. The van der Waals surface area contributed by atoms with Crippen LogP contribution in [-0.4, -0.2) is 61.3 Å². The van der Waals surface area contributed by atoms with Gasteiger partial charge >= 0.3 is 11.9 Å². The first-order valence-electron chi connectivity index (χ1n) is 15.2. The van der Waals surface area contributed by atoms with Gasteiger partial charge in [-0.15, -0.1) is 0 Å². The molecule has 11 heteroatoms. The lowest BCUT2D eigenvalue weighted by Crippen LogP contribution is -2.34. The zero-order valence-corrected chi connectivity index (χ0v) is 27.0. The average molecular weight is 625 g/mol. The van der Waals surface area contributed by atoms with Crippen molar-refractivity contribution >= 4 is 36.4 Å². The highest BCUT2D eigenvalue weighted by Gasteiger charge is 2.41. The Morgan fingerprint density at radius 3 is 1.89 bits per heavy atom. The zero-order valence-electron chi connectivity index (χ0n) is 26.1. The maximum Gasteiger partial charge on any atom is 0.303 e. The number of H-pyrrole nitrogens is 2. The second-order valence-electron chi connectivity index (χ2n) is 12.3. The molecule has 2 aliphatic rings. The van der Waals surface area contributed by atoms with Gasteiger partial charge in [-0.25, -0.2) is 0 Å². The van der Waals surface area contributed by atoms with Crippen LogP contribution >= 0.6 is 12.6 Å². The highest BCUT2D eigenvalue weighted by Crippen LogP contribution is 2.34. The maximum atomic E-state index is 12.5. The molecule has 1 unspecified atom stereocenters. The molecule has 0 radical (unpaired) electrons. The third kappa shape index (κ3) is 6.82. The van der Waals surface area contributed by atoms with Crippen molar-refractivity contribution in [2.45, 2.75) is 96.9 Å². The Bertz CT molecular complexity index is 1520. The Balaban J connectivity index is 1.70. The molecule has 1 fully saturated rings. The number of carboxylic acid groups (broad SMARTS) is 2. The lowest BCUT2D eigenvalue weighted by Gasteiger charge is -2.24. The van der Waals surface area contributed by atoms with E-state index in [2.05, 4.69) is 39.8 Å². The van der Waals surface area contributed by atoms with E-state index in [4.69, 9.17) is 0 Å². The number of aromatic nitrogens is 2. The van der Waals surface area contributed by atoms with E-state index in [-0.39, 0.29) is 53.8 Å². The van der Waals surface area contributed by atoms with Crippen LogP contribution < -0.4 is 10.6 Å². The number of aliphatic carboxylic acids is 2. The van der Waals surface area contributed by atoms with E-state index in [9.17, 15) is 29.4 Å². The Labute approximate surface area is 263 Å². The third-order valence-corrected chi connectivity index (χ3v) is 9.89. The van der Waals surface area contributed by atoms with Crippen molar-refractivity contribution in [2.75, 3.05) is 0 Å². The van der Waals surface area contributed by atoms with Gasteiger partial charge in [0.05, 0.1) is 6.04 Å². The first-order valence-corrected chi connectivity index (χ1v) is 15.7. The molecule has 10 nitrogen and oxygen atoms in total. The van der Waals surface area contributed by atoms with Crippen LogP contribution in [0, 0.1) is 25.7 Å². The second-order valence-corrected chi connectivity index (χ2v) is 13.1. The van der Waals surface area contributed by atoms with Crippen LogP contribution in [0.4, 0.5) is 0 Å². The summed E-state index contributed by atoms with van der Waals surface area (Å²) in [4.78, 5) is 55.2. The SMILES string of the molecule is C=CC1=C(C)[C@@H](Cc2[nH]c(Cc3[nH]c(CC4NC(=O)[C@H](C)[C@H]4[C@H](C)S)c(C)c3CCC(=O)O)c(CCC(=O)O)c2C)NC1=O. The molecule has 2 amide bonds. The summed E-state index contributed by atoms with van der Waals surface area (Å²) < 4.78 is 0. The molecular formula is C33H44N4O6S. The molecule has 2 aromatic heterocycles. The molecule has 4 heterocycles. The van der Waals surface area contributed by atoms with E-state index in [1.54, 1.807) is 6.08 Å². The largest absolute Gasteiger partial charge is 0.481 e. The summed E-state index contributed by atoms with van der Waals surface area (Å²) in [6.45, 7) is 13.5.